The minimum absolute atomic E-state index is 0.256. The van der Waals surface area contributed by atoms with Gasteiger partial charge in [-0.1, -0.05) is 0 Å². The van der Waals surface area contributed by atoms with Crippen molar-refractivity contribution in [2.24, 2.45) is 0 Å². The minimum Gasteiger partial charge on any atom is -0.388 e. The van der Waals surface area contributed by atoms with Crippen molar-refractivity contribution in [2.45, 2.75) is 44.6 Å². The summed E-state index contributed by atoms with van der Waals surface area (Å²) < 4.78 is 5.64. The largest absolute Gasteiger partial charge is 0.388 e. The Labute approximate surface area is 90.9 Å². The zero-order valence-electron chi connectivity index (χ0n) is 9.13. The van der Waals surface area contributed by atoms with Gasteiger partial charge in [-0.25, -0.2) is 0 Å². The van der Waals surface area contributed by atoms with Crippen molar-refractivity contribution in [1.29, 1.82) is 0 Å². The van der Waals surface area contributed by atoms with Gasteiger partial charge in [0, 0.05) is 31.3 Å². The van der Waals surface area contributed by atoms with Crippen LogP contribution in [0.5, 0.6) is 0 Å². The first-order valence-electron chi connectivity index (χ1n) is 5.93. The first kappa shape index (κ1) is 10.7. The van der Waals surface area contributed by atoms with Crippen LogP contribution in [0.4, 0.5) is 0 Å². The fourth-order valence-electron chi connectivity index (χ4n) is 2.16. The van der Waals surface area contributed by atoms with E-state index in [1.54, 1.807) is 6.08 Å². The summed E-state index contributed by atoms with van der Waals surface area (Å²) in [5.74, 6) is 0.256. The summed E-state index contributed by atoms with van der Waals surface area (Å²) >= 11 is 0. The van der Waals surface area contributed by atoms with Crippen LogP contribution in [-0.4, -0.2) is 25.0 Å². The second kappa shape index (κ2) is 5.31. The van der Waals surface area contributed by atoms with E-state index in [1.807, 2.05) is 0 Å². The molecule has 0 spiro atoms. The number of carbonyl (C=O) groups excluding carboxylic acids is 1. The molecule has 2 rings (SSSR count). The second-order valence-corrected chi connectivity index (χ2v) is 4.34. The summed E-state index contributed by atoms with van der Waals surface area (Å²) in [6.07, 6.45) is 8.51. The van der Waals surface area contributed by atoms with Crippen molar-refractivity contribution < 1.29 is 9.53 Å². The molecule has 1 heterocycles. The van der Waals surface area contributed by atoms with Crippen molar-refractivity contribution in [2.75, 3.05) is 13.2 Å². The Morgan fingerprint density at radius 3 is 3.00 bits per heavy atom. The maximum atomic E-state index is 11.0. The topological polar surface area (TPSA) is 38.3 Å². The first-order chi connectivity index (χ1) is 7.34. The van der Waals surface area contributed by atoms with E-state index in [1.165, 1.54) is 19.3 Å². The molecule has 1 saturated heterocycles. The molecule has 84 valence electrons. The molecular formula is C12H19NO2. The summed E-state index contributed by atoms with van der Waals surface area (Å²) in [6, 6.07) is 0. The van der Waals surface area contributed by atoms with Gasteiger partial charge >= 0.3 is 0 Å². The maximum Gasteiger partial charge on any atom is 0.157 e. The van der Waals surface area contributed by atoms with Gasteiger partial charge in [0.15, 0.2) is 5.78 Å². The molecule has 3 nitrogen and oxygen atoms in total. The number of nitrogens with one attached hydrogen (secondary N) is 1. The van der Waals surface area contributed by atoms with Gasteiger partial charge in [-0.05, 0) is 32.1 Å². The highest BCUT2D eigenvalue weighted by molar-refractivity contribution is 5.92. The smallest absolute Gasteiger partial charge is 0.157 e. The number of rotatable bonds is 4. The summed E-state index contributed by atoms with van der Waals surface area (Å²) in [5.41, 5.74) is 1.11. The molecule has 0 amide bonds. The molecule has 0 saturated carbocycles. The molecule has 0 aromatic heterocycles. The van der Waals surface area contributed by atoms with E-state index in [2.05, 4.69) is 5.32 Å². The van der Waals surface area contributed by atoms with Crippen molar-refractivity contribution in [1.82, 2.24) is 5.32 Å². The Morgan fingerprint density at radius 2 is 2.33 bits per heavy atom. The van der Waals surface area contributed by atoms with Crippen LogP contribution in [0.15, 0.2) is 11.8 Å². The fourth-order valence-corrected chi connectivity index (χ4v) is 2.16. The molecule has 0 aromatic carbocycles. The lowest BCUT2D eigenvalue weighted by Gasteiger charge is -2.22. The van der Waals surface area contributed by atoms with Crippen LogP contribution in [-0.2, 0) is 9.53 Å². The number of ether oxygens (including phenoxy) is 1. The van der Waals surface area contributed by atoms with Crippen molar-refractivity contribution in [3.63, 3.8) is 0 Å². The zero-order chi connectivity index (χ0) is 10.5. The highest BCUT2D eigenvalue weighted by Gasteiger charge is 2.14. The van der Waals surface area contributed by atoms with Crippen LogP contribution in [0.25, 0.3) is 0 Å². The standard InChI is InChI=1S/C12H19NO2/c14-11-5-4-10(9-11)13-7-6-12-3-1-2-8-15-12/h9,12-13H,1-8H2. The van der Waals surface area contributed by atoms with Gasteiger partial charge in [-0.3, -0.25) is 4.79 Å². The van der Waals surface area contributed by atoms with Crippen LogP contribution in [0.1, 0.15) is 38.5 Å². The molecule has 15 heavy (non-hydrogen) atoms. The van der Waals surface area contributed by atoms with Crippen LogP contribution < -0.4 is 5.32 Å². The lowest BCUT2D eigenvalue weighted by molar-refractivity contribution is -0.114. The predicted octanol–water partition coefficient (Wildman–Crippen LogP) is 1.78. The Hall–Kier alpha value is -0.830. The van der Waals surface area contributed by atoms with Gasteiger partial charge in [-0.15, -0.1) is 0 Å². The van der Waals surface area contributed by atoms with E-state index in [0.717, 1.165) is 31.7 Å². The average molecular weight is 209 g/mol. The lowest BCUT2D eigenvalue weighted by atomic mass is 10.1. The highest BCUT2D eigenvalue weighted by atomic mass is 16.5. The number of hydrogen-bond donors (Lipinski definition) is 1. The Bertz CT molecular complexity index is 254. The summed E-state index contributed by atoms with van der Waals surface area (Å²) in [5, 5.41) is 3.32. The third-order valence-corrected chi connectivity index (χ3v) is 3.07. The molecule has 0 radical (unpaired) electrons. The Kier molecular flexibility index (Phi) is 3.78. The highest BCUT2D eigenvalue weighted by Crippen LogP contribution is 2.16. The van der Waals surface area contributed by atoms with E-state index >= 15 is 0 Å². The third-order valence-electron chi connectivity index (χ3n) is 3.07. The molecule has 0 bridgehead atoms. The Balaban J connectivity index is 1.62. The van der Waals surface area contributed by atoms with Gasteiger partial charge in [0.1, 0.15) is 0 Å². The van der Waals surface area contributed by atoms with E-state index in [0.29, 0.717) is 12.5 Å². The van der Waals surface area contributed by atoms with Crippen LogP contribution in [0.2, 0.25) is 0 Å². The summed E-state index contributed by atoms with van der Waals surface area (Å²) in [7, 11) is 0. The Morgan fingerprint density at radius 1 is 1.40 bits per heavy atom. The molecule has 1 N–H and O–H groups in total. The zero-order valence-corrected chi connectivity index (χ0v) is 9.13. The van der Waals surface area contributed by atoms with Crippen LogP contribution in [0.3, 0.4) is 0 Å². The average Bonchev–Trinajstić information content (AvgIpc) is 2.66. The van der Waals surface area contributed by atoms with Gasteiger partial charge in [0.05, 0.1) is 6.10 Å². The molecule has 1 aliphatic carbocycles. The number of ketones is 1. The maximum absolute atomic E-state index is 11.0. The van der Waals surface area contributed by atoms with E-state index in [4.69, 9.17) is 4.74 Å². The molecule has 1 atom stereocenters. The molecule has 2 aliphatic rings. The second-order valence-electron chi connectivity index (χ2n) is 4.34. The fraction of sp³-hybridized carbons (Fsp3) is 0.750. The van der Waals surface area contributed by atoms with Crippen LogP contribution in [0, 0.1) is 0 Å². The number of allylic oxidation sites excluding steroid dienone is 2. The summed E-state index contributed by atoms with van der Waals surface area (Å²) in [6.45, 7) is 1.86. The number of hydrogen-bond acceptors (Lipinski definition) is 3. The van der Waals surface area contributed by atoms with E-state index < -0.39 is 0 Å². The molecule has 3 heteroatoms. The van der Waals surface area contributed by atoms with Crippen molar-refractivity contribution in [3.05, 3.63) is 11.8 Å². The quantitative estimate of drug-likeness (QED) is 0.767. The third kappa shape index (κ3) is 3.34. The van der Waals surface area contributed by atoms with Crippen molar-refractivity contribution in [3.8, 4) is 0 Å². The van der Waals surface area contributed by atoms with Gasteiger partial charge in [0.2, 0.25) is 0 Å². The van der Waals surface area contributed by atoms with Gasteiger partial charge in [0.25, 0.3) is 0 Å². The molecule has 1 aliphatic heterocycles. The minimum atomic E-state index is 0.256. The SMILES string of the molecule is O=C1C=C(NCCC2CCCCO2)CC1. The molecule has 1 unspecified atom stereocenters. The predicted molar refractivity (Wildman–Crippen MR) is 58.5 cm³/mol. The van der Waals surface area contributed by atoms with Crippen LogP contribution >= 0.6 is 0 Å². The number of carbonyl (C=O) groups is 1. The van der Waals surface area contributed by atoms with E-state index in [9.17, 15) is 4.79 Å². The normalized spacial score (nSPS) is 26.5. The monoisotopic (exact) mass is 209 g/mol. The molecule has 1 fully saturated rings. The van der Waals surface area contributed by atoms with Crippen molar-refractivity contribution >= 4 is 5.78 Å². The summed E-state index contributed by atoms with van der Waals surface area (Å²) in [4.78, 5) is 11.0. The van der Waals surface area contributed by atoms with Gasteiger partial charge in [-0.2, -0.15) is 0 Å². The molecular weight excluding hydrogens is 190 g/mol. The first-order valence-corrected chi connectivity index (χ1v) is 5.93. The van der Waals surface area contributed by atoms with Gasteiger partial charge < -0.3 is 10.1 Å². The lowest BCUT2D eigenvalue weighted by Crippen LogP contribution is -2.24. The van der Waals surface area contributed by atoms with E-state index in [-0.39, 0.29) is 5.78 Å². The molecule has 0 aromatic rings.